The van der Waals surface area contributed by atoms with E-state index in [-0.39, 0.29) is 0 Å². The summed E-state index contributed by atoms with van der Waals surface area (Å²) in [7, 11) is -1.85. The van der Waals surface area contributed by atoms with Crippen molar-refractivity contribution in [2.24, 2.45) is 5.92 Å². The van der Waals surface area contributed by atoms with Crippen LogP contribution in [0.2, 0.25) is 12.6 Å². The molecule has 14 heavy (non-hydrogen) atoms. The highest BCUT2D eigenvalue weighted by molar-refractivity contribution is 6.66. The van der Waals surface area contributed by atoms with Crippen LogP contribution >= 0.6 is 0 Å². The van der Waals surface area contributed by atoms with Gasteiger partial charge in [0.25, 0.3) is 0 Å². The Morgan fingerprint density at radius 3 is 2.00 bits per heavy atom. The highest BCUT2D eigenvalue weighted by atomic mass is 28.4. The summed E-state index contributed by atoms with van der Waals surface area (Å²) in [5.74, 6) is 0.663. The third kappa shape index (κ3) is 6.57. The fourth-order valence-electron chi connectivity index (χ4n) is 1.48. The molecule has 0 aromatic rings. The van der Waals surface area contributed by atoms with Crippen molar-refractivity contribution in [2.45, 2.75) is 46.7 Å². The molecule has 0 aromatic carbocycles. The number of hydrogen-bond donors (Lipinski definition) is 0. The molecule has 0 unspecified atom stereocenters. The van der Waals surface area contributed by atoms with Crippen molar-refractivity contribution < 1.29 is 8.85 Å². The van der Waals surface area contributed by atoms with Gasteiger partial charge in [-0.15, -0.1) is 0 Å². The Bertz CT molecular complexity index is 131. The van der Waals surface area contributed by atoms with Gasteiger partial charge in [0, 0.05) is 13.2 Å². The first-order valence-corrected chi connectivity index (χ1v) is 8.17. The highest BCUT2D eigenvalue weighted by Gasteiger charge is 2.29. The molecule has 0 N–H and O–H groups in total. The van der Waals surface area contributed by atoms with Crippen LogP contribution < -0.4 is 0 Å². The maximum atomic E-state index is 5.75. The van der Waals surface area contributed by atoms with Gasteiger partial charge in [-0.1, -0.05) is 13.8 Å². The third-order valence-corrected chi connectivity index (χ3v) is 5.13. The monoisotopic (exact) mass is 217 g/mol. The van der Waals surface area contributed by atoms with Crippen LogP contribution in [-0.4, -0.2) is 21.8 Å². The second kappa shape index (κ2) is 7.43. The summed E-state index contributed by atoms with van der Waals surface area (Å²) in [6.45, 7) is 12.2. The molecule has 0 saturated heterocycles. The smallest absolute Gasteiger partial charge is 0.334 e. The first-order chi connectivity index (χ1) is 6.54. The molecule has 0 heterocycles. The van der Waals surface area contributed by atoms with E-state index >= 15 is 0 Å². The summed E-state index contributed by atoms with van der Waals surface area (Å²) in [4.78, 5) is 0. The Morgan fingerprint density at radius 2 is 1.64 bits per heavy atom. The Hall–Kier alpha value is 0.137. The van der Waals surface area contributed by atoms with Crippen molar-refractivity contribution in [3.05, 3.63) is 6.42 Å². The van der Waals surface area contributed by atoms with Crippen molar-refractivity contribution in [3.63, 3.8) is 0 Å². The minimum absolute atomic E-state index is 0.663. The van der Waals surface area contributed by atoms with Crippen LogP contribution in [0.4, 0.5) is 0 Å². The van der Waals surface area contributed by atoms with Crippen LogP contribution in [0.1, 0.15) is 34.1 Å². The second-order valence-corrected chi connectivity index (χ2v) is 7.36. The Labute approximate surface area is 90.2 Å². The summed E-state index contributed by atoms with van der Waals surface area (Å²) in [6, 6.07) is 1.08. The normalized spacial score (nSPS) is 12.4. The van der Waals surface area contributed by atoms with Gasteiger partial charge in [0.1, 0.15) is 0 Å². The minimum Gasteiger partial charge on any atom is -0.395 e. The lowest BCUT2D eigenvalue weighted by Crippen LogP contribution is -2.38. The topological polar surface area (TPSA) is 18.5 Å². The maximum absolute atomic E-state index is 5.75. The largest absolute Gasteiger partial charge is 0.395 e. The zero-order chi connectivity index (χ0) is 11.0. The van der Waals surface area contributed by atoms with Gasteiger partial charge in [-0.25, -0.2) is 0 Å². The molecule has 0 saturated carbocycles. The van der Waals surface area contributed by atoms with E-state index in [0.717, 1.165) is 25.7 Å². The van der Waals surface area contributed by atoms with E-state index in [1.54, 1.807) is 0 Å². The molecule has 0 atom stereocenters. The quantitative estimate of drug-likeness (QED) is 0.580. The average Bonchev–Trinajstić information content (AvgIpc) is 2.03. The van der Waals surface area contributed by atoms with Crippen molar-refractivity contribution in [1.29, 1.82) is 0 Å². The molecular weight excluding hydrogens is 192 g/mol. The van der Waals surface area contributed by atoms with Gasteiger partial charge in [-0.05, 0) is 45.2 Å². The maximum Gasteiger partial charge on any atom is 0.334 e. The van der Waals surface area contributed by atoms with Crippen LogP contribution in [-0.2, 0) is 8.85 Å². The van der Waals surface area contributed by atoms with Gasteiger partial charge in [0.05, 0.1) is 0 Å². The SMILES string of the molecule is CCO[Si](C)(CC[CH]C(C)C)OCC. The molecule has 2 nitrogen and oxygen atoms in total. The lowest BCUT2D eigenvalue weighted by molar-refractivity contribution is 0.189. The van der Waals surface area contributed by atoms with E-state index in [9.17, 15) is 0 Å². The summed E-state index contributed by atoms with van der Waals surface area (Å²) in [5.41, 5.74) is 0. The number of hydrogen-bond acceptors (Lipinski definition) is 2. The van der Waals surface area contributed by atoms with Gasteiger partial charge < -0.3 is 8.85 Å². The van der Waals surface area contributed by atoms with Gasteiger partial charge in [-0.2, -0.15) is 0 Å². The first-order valence-electron chi connectivity index (χ1n) is 5.65. The molecule has 0 amide bonds. The van der Waals surface area contributed by atoms with Gasteiger partial charge >= 0.3 is 8.56 Å². The summed E-state index contributed by atoms with van der Waals surface area (Å²) < 4.78 is 11.5. The Kier molecular flexibility index (Phi) is 7.50. The molecule has 0 aliphatic rings. The zero-order valence-electron chi connectivity index (χ0n) is 10.3. The van der Waals surface area contributed by atoms with E-state index in [4.69, 9.17) is 8.85 Å². The predicted octanol–water partition coefficient (Wildman–Crippen LogP) is 3.38. The lowest BCUT2D eigenvalue weighted by Gasteiger charge is -2.26. The fourth-order valence-corrected chi connectivity index (χ4v) is 3.76. The molecule has 0 aliphatic heterocycles. The van der Waals surface area contributed by atoms with E-state index in [1.807, 2.05) is 13.8 Å². The average molecular weight is 217 g/mol. The molecule has 0 rings (SSSR count). The van der Waals surface area contributed by atoms with Crippen LogP contribution in [0.25, 0.3) is 0 Å². The highest BCUT2D eigenvalue weighted by Crippen LogP contribution is 2.18. The minimum atomic E-state index is -1.85. The van der Waals surface area contributed by atoms with Crippen molar-refractivity contribution in [1.82, 2.24) is 0 Å². The van der Waals surface area contributed by atoms with E-state index in [2.05, 4.69) is 26.8 Å². The second-order valence-electron chi connectivity index (χ2n) is 4.02. The van der Waals surface area contributed by atoms with E-state index in [0.29, 0.717) is 5.92 Å². The molecule has 0 spiro atoms. The van der Waals surface area contributed by atoms with E-state index < -0.39 is 8.56 Å². The molecule has 85 valence electrons. The molecular formula is C11H25O2Si. The Balaban J connectivity index is 3.83. The molecule has 0 aromatic heterocycles. The third-order valence-electron chi connectivity index (χ3n) is 2.14. The van der Waals surface area contributed by atoms with Crippen molar-refractivity contribution in [2.75, 3.05) is 13.2 Å². The molecule has 3 heteroatoms. The number of rotatable bonds is 8. The summed E-state index contributed by atoms with van der Waals surface area (Å²) >= 11 is 0. The lowest BCUT2D eigenvalue weighted by atomic mass is 10.1. The van der Waals surface area contributed by atoms with Crippen LogP contribution in [0.5, 0.6) is 0 Å². The summed E-state index contributed by atoms with van der Waals surface area (Å²) in [6.07, 6.45) is 3.45. The molecule has 0 aliphatic carbocycles. The van der Waals surface area contributed by atoms with Crippen LogP contribution in [0.3, 0.4) is 0 Å². The van der Waals surface area contributed by atoms with Crippen molar-refractivity contribution >= 4 is 8.56 Å². The van der Waals surface area contributed by atoms with Gasteiger partial charge in [0.15, 0.2) is 0 Å². The van der Waals surface area contributed by atoms with Crippen LogP contribution in [0, 0.1) is 12.3 Å². The standard InChI is InChI=1S/C11H25O2Si/c1-6-12-14(5,13-7-2)10-8-9-11(3)4/h9,11H,6-8,10H2,1-5H3. The van der Waals surface area contributed by atoms with Gasteiger partial charge in [0.2, 0.25) is 0 Å². The Morgan fingerprint density at radius 1 is 1.14 bits per heavy atom. The van der Waals surface area contributed by atoms with E-state index in [1.165, 1.54) is 0 Å². The predicted molar refractivity (Wildman–Crippen MR) is 63.4 cm³/mol. The van der Waals surface area contributed by atoms with Crippen LogP contribution in [0.15, 0.2) is 0 Å². The molecule has 1 radical (unpaired) electrons. The first kappa shape index (κ1) is 14.1. The fraction of sp³-hybridized carbons (Fsp3) is 0.909. The zero-order valence-corrected chi connectivity index (χ0v) is 11.3. The molecule has 0 bridgehead atoms. The van der Waals surface area contributed by atoms with Crippen molar-refractivity contribution in [3.8, 4) is 0 Å². The molecule has 0 fully saturated rings. The van der Waals surface area contributed by atoms with Gasteiger partial charge in [-0.3, -0.25) is 0 Å². The summed E-state index contributed by atoms with van der Waals surface area (Å²) in [5, 5.41) is 0.